The van der Waals surface area contributed by atoms with Crippen LogP contribution < -0.4 is 5.32 Å². The van der Waals surface area contributed by atoms with Gasteiger partial charge in [0.1, 0.15) is 5.75 Å². The summed E-state index contributed by atoms with van der Waals surface area (Å²) in [7, 11) is 0. The van der Waals surface area contributed by atoms with Crippen LogP contribution in [0.4, 0.5) is 0 Å². The van der Waals surface area contributed by atoms with Crippen LogP contribution in [0, 0.1) is 0 Å². The van der Waals surface area contributed by atoms with Gasteiger partial charge in [0.2, 0.25) is 5.91 Å². The van der Waals surface area contributed by atoms with E-state index in [1.807, 2.05) is 13.0 Å². The highest BCUT2D eigenvalue weighted by atomic mass is 16.3. The summed E-state index contributed by atoms with van der Waals surface area (Å²) < 4.78 is 0. The minimum Gasteiger partial charge on any atom is -0.508 e. The lowest BCUT2D eigenvalue weighted by molar-refractivity contribution is -0.120. The van der Waals surface area contributed by atoms with E-state index in [2.05, 4.69) is 5.32 Å². The molecule has 1 aromatic rings. The predicted molar refractivity (Wildman–Crippen MR) is 55.1 cm³/mol. The van der Waals surface area contributed by atoms with Gasteiger partial charge in [0.25, 0.3) is 0 Å². The third kappa shape index (κ3) is 3.47. The minimum absolute atomic E-state index is 0.00236. The molecule has 0 saturated heterocycles. The van der Waals surface area contributed by atoms with Gasteiger partial charge in [-0.2, -0.15) is 0 Å². The zero-order valence-electron chi connectivity index (χ0n) is 8.29. The van der Waals surface area contributed by atoms with Gasteiger partial charge in [0, 0.05) is 6.54 Å². The van der Waals surface area contributed by atoms with Crippen LogP contribution in [-0.2, 0) is 11.2 Å². The number of amides is 1. The highest BCUT2D eigenvalue weighted by Gasteiger charge is 2.02. The molecule has 0 aliphatic carbocycles. The Kier molecular flexibility index (Phi) is 3.98. The zero-order chi connectivity index (χ0) is 10.4. The smallest absolute Gasteiger partial charge is 0.224 e. The van der Waals surface area contributed by atoms with Crippen LogP contribution in [0.2, 0.25) is 0 Å². The molecule has 0 radical (unpaired) electrons. The van der Waals surface area contributed by atoms with Crippen LogP contribution in [0.15, 0.2) is 24.3 Å². The van der Waals surface area contributed by atoms with Crippen LogP contribution in [0.5, 0.6) is 5.75 Å². The maximum Gasteiger partial charge on any atom is 0.224 e. The molecule has 76 valence electrons. The van der Waals surface area contributed by atoms with Gasteiger partial charge in [-0.15, -0.1) is 0 Å². The summed E-state index contributed by atoms with van der Waals surface area (Å²) in [4.78, 5) is 11.3. The molecule has 0 heterocycles. The Balaban J connectivity index is 2.47. The number of phenolic OH excluding ortho intramolecular Hbond substituents is 1. The van der Waals surface area contributed by atoms with Crippen LogP contribution in [0.25, 0.3) is 0 Å². The second kappa shape index (κ2) is 5.27. The Hall–Kier alpha value is -1.51. The van der Waals surface area contributed by atoms with Gasteiger partial charge in [-0.25, -0.2) is 0 Å². The second-order valence-corrected chi connectivity index (χ2v) is 3.20. The summed E-state index contributed by atoms with van der Waals surface area (Å²) in [5.41, 5.74) is 0.832. The molecule has 1 amide bonds. The molecule has 0 saturated carbocycles. The summed E-state index contributed by atoms with van der Waals surface area (Å²) in [6, 6.07) is 6.75. The fourth-order valence-corrected chi connectivity index (χ4v) is 1.18. The molecule has 0 unspecified atom stereocenters. The molecule has 1 rings (SSSR count). The van der Waals surface area contributed by atoms with Crippen molar-refractivity contribution in [2.24, 2.45) is 0 Å². The average molecular weight is 193 g/mol. The van der Waals surface area contributed by atoms with E-state index in [9.17, 15) is 9.90 Å². The maximum atomic E-state index is 11.3. The van der Waals surface area contributed by atoms with E-state index in [0.29, 0.717) is 13.0 Å². The van der Waals surface area contributed by atoms with Crippen molar-refractivity contribution in [3.63, 3.8) is 0 Å². The average Bonchev–Trinajstić information content (AvgIpc) is 2.15. The van der Waals surface area contributed by atoms with Crippen molar-refractivity contribution in [2.45, 2.75) is 19.8 Å². The molecular formula is C11H15NO2. The number of hydrogen-bond donors (Lipinski definition) is 2. The lowest BCUT2D eigenvalue weighted by atomic mass is 10.1. The summed E-state index contributed by atoms with van der Waals surface area (Å²) in [6.07, 6.45) is 1.26. The predicted octanol–water partition coefficient (Wildman–Crippen LogP) is 1.46. The van der Waals surface area contributed by atoms with Gasteiger partial charge < -0.3 is 10.4 Å². The molecular weight excluding hydrogens is 178 g/mol. The second-order valence-electron chi connectivity index (χ2n) is 3.20. The van der Waals surface area contributed by atoms with Crippen molar-refractivity contribution >= 4 is 5.91 Å². The van der Waals surface area contributed by atoms with Crippen LogP contribution in [-0.4, -0.2) is 17.6 Å². The van der Waals surface area contributed by atoms with Crippen LogP contribution in [0.1, 0.15) is 18.9 Å². The van der Waals surface area contributed by atoms with E-state index in [-0.39, 0.29) is 11.7 Å². The lowest BCUT2D eigenvalue weighted by Gasteiger charge is -2.03. The van der Waals surface area contributed by atoms with Crippen molar-refractivity contribution in [3.05, 3.63) is 29.8 Å². The molecule has 0 bridgehead atoms. The van der Waals surface area contributed by atoms with Crippen LogP contribution in [0.3, 0.4) is 0 Å². The first-order valence-electron chi connectivity index (χ1n) is 4.77. The monoisotopic (exact) mass is 193 g/mol. The molecule has 14 heavy (non-hydrogen) atoms. The third-order valence-corrected chi connectivity index (χ3v) is 1.85. The topological polar surface area (TPSA) is 49.3 Å². The van der Waals surface area contributed by atoms with Crippen molar-refractivity contribution in [3.8, 4) is 5.75 Å². The first-order chi connectivity index (χ1) is 6.72. The summed E-state index contributed by atoms with van der Waals surface area (Å²) in [6.45, 7) is 2.71. The summed E-state index contributed by atoms with van der Waals surface area (Å²) >= 11 is 0. The molecule has 3 nitrogen and oxygen atoms in total. The van der Waals surface area contributed by atoms with Gasteiger partial charge in [0.05, 0.1) is 6.42 Å². The molecule has 0 spiro atoms. The SMILES string of the molecule is CCCNC(=O)Cc1cccc(O)c1. The number of hydrogen-bond acceptors (Lipinski definition) is 2. The van der Waals surface area contributed by atoms with Crippen molar-refractivity contribution in [1.82, 2.24) is 5.32 Å². The Labute approximate surface area is 83.8 Å². The zero-order valence-corrected chi connectivity index (χ0v) is 8.29. The molecule has 0 atom stereocenters. The van der Waals surface area contributed by atoms with Gasteiger partial charge >= 0.3 is 0 Å². The largest absolute Gasteiger partial charge is 0.508 e. The van der Waals surface area contributed by atoms with Crippen molar-refractivity contribution in [1.29, 1.82) is 0 Å². The highest BCUT2D eigenvalue weighted by molar-refractivity contribution is 5.78. The van der Waals surface area contributed by atoms with Gasteiger partial charge in [-0.3, -0.25) is 4.79 Å². The van der Waals surface area contributed by atoms with Crippen LogP contribution >= 0.6 is 0 Å². The Bertz CT molecular complexity index is 310. The maximum absolute atomic E-state index is 11.3. The fraction of sp³-hybridized carbons (Fsp3) is 0.364. The normalized spacial score (nSPS) is 9.79. The quantitative estimate of drug-likeness (QED) is 0.760. The summed E-state index contributed by atoms with van der Waals surface area (Å²) in [5.74, 6) is 0.197. The van der Waals surface area contributed by atoms with Crippen molar-refractivity contribution < 1.29 is 9.90 Å². The molecule has 0 fully saturated rings. The number of nitrogens with one attached hydrogen (secondary N) is 1. The first-order valence-corrected chi connectivity index (χ1v) is 4.77. The Morgan fingerprint density at radius 1 is 1.50 bits per heavy atom. The number of rotatable bonds is 4. The van der Waals surface area contributed by atoms with E-state index in [4.69, 9.17) is 0 Å². The number of phenols is 1. The number of benzene rings is 1. The fourth-order valence-electron chi connectivity index (χ4n) is 1.18. The Morgan fingerprint density at radius 3 is 2.93 bits per heavy atom. The van der Waals surface area contributed by atoms with E-state index in [1.54, 1.807) is 18.2 Å². The van der Waals surface area contributed by atoms with Gasteiger partial charge in [-0.05, 0) is 24.1 Å². The first kappa shape index (κ1) is 10.6. The highest BCUT2D eigenvalue weighted by Crippen LogP contribution is 2.10. The molecule has 1 aromatic carbocycles. The molecule has 2 N–H and O–H groups in total. The standard InChI is InChI=1S/C11H15NO2/c1-2-6-12-11(14)8-9-4-3-5-10(13)7-9/h3-5,7,13H,2,6,8H2,1H3,(H,12,14). The summed E-state index contributed by atoms with van der Waals surface area (Å²) in [5, 5.41) is 12.0. The molecule has 0 aliphatic rings. The van der Waals surface area contributed by atoms with Gasteiger partial charge in [-0.1, -0.05) is 19.1 Å². The van der Waals surface area contributed by atoms with Crippen molar-refractivity contribution in [2.75, 3.05) is 6.54 Å². The lowest BCUT2D eigenvalue weighted by Crippen LogP contribution is -2.25. The van der Waals surface area contributed by atoms with E-state index < -0.39 is 0 Å². The van der Waals surface area contributed by atoms with E-state index in [1.165, 1.54) is 0 Å². The number of aromatic hydroxyl groups is 1. The minimum atomic E-state index is -0.00236. The molecule has 0 aliphatic heterocycles. The number of carbonyl (C=O) groups is 1. The third-order valence-electron chi connectivity index (χ3n) is 1.85. The van der Waals surface area contributed by atoms with Gasteiger partial charge in [0.15, 0.2) is 0 Å². The molecule has 0 aromatic heterocycles. The van der Waals surface area contributed by atoms with E-state index >= 15 is 0 Å². The number of carbonyl (C=O) groups excluding carboxylic acids is 1. The molecule has 3 heteroatoms. The Morgan fingerprint density at radius 2 is 2.29 bits per heavy atom. The van der Waals surface area contributed by atoms with E-state index in [0.717, 1.165) is 12.0 Å².